The monoisotopic (exact) mass is 447 g/mol. The normalized spacial score (nSPS) is 21.2. The minimum Gasteiger partial charge on any atom is -0.488 e. The maximum Gasteiger partial charge on any atom is 0.276 e. The van der Waals surface area contributed by atoms with Crippen LogP contribution in [0.25, 0.3) is 0 Å². The fraction of sp³-hybridized carbons (Fsp3) is 0.353. The Hall–Kier alpha value is -2.15. The molecule has 0 unspecified atom stereocenters. The number of halogens is 2. The van der Waals surface area contributed by atoms with E-state index in [-0.39, 0.29) is 42.1 Å². The van der Waals surface area contributed by atoms with Crippen LogP contribution in [0.15, 0.2) is 29.3 Å². The van der Waals surface area contributed by atoms with E-state index in [1.165, 1.54) is 23.9 Å². The number of hydrogen-bond donors (Lipinski definition) is 3. The first kappa shape index (κ1) is 21.6. The first-order chi connectivity index (χ1) is 13.1. The Bertz CT molecular complexity index is 1080. The number of aliphatic hydroxyl groups is 1. The molecule has 3 N–H and O–H groups in total. The maximum absolute atomic E-state index is 13.4. The highest BCUT2D eigenvalue weighted by Gasteiger charge is 2.51. The minimum absolute atomic E-state index is 0. The summed E-state index contributed by atoms with van der Waals surface area (Å²) in [6, 6.07) is 2.02. The summed E-state index contributed by atoms with van der Waals surface area (Å²) in [6.07, 6.45) is 2.12. The van der Waals surface area contributed by atoms with Gasteiger partial charge in [0.2, 0.25) is 10.0 Å². The highest BCUT2D eigenvalue weighted by molar-refractivity contribution is 7.89. The summed E-state index contributed by atoms with van der Waals surface area (Å²) in [5.41, 5.74) is -1.26. The summed E-state index contributed by atoms with van der Waals surface area (Å²) in [7, 11) is -2.58. The molecule has 1 aliphatic heterocycles. The number of carbonyl (C=O) groups is 1. The smallest absolute Gasteiger partial charge is 0.276 e. The zero-order valence-electron chi connectivity index (χ0n) is 15.2. The summed E-state index contributed by atoms with van der Waals surface area (Å²) < 4.78 is 61.1. The number of anilines is 1. The molecule has 2 aliphatic rings. The third kappa shape index (κ3) is 3.84. The summed E-state index contributed by atoms with van der Waals surface area (Å²) in [5, 5.41) is 12.6. The lowest BCUT2D eigenvalue weighted by molar-refractivity contribution is 0.0864. The van der Waals surface area contributed by atoms with Gasteiger partial charge in [0.25, 0.3) is 5.91 Å². The Kier molecular flexibility index (Phi) is 5.41. The molecule has 1 aromatic heterocycles. The number of aryl methyl sites for hydroxylation is 1. The lowest BCUT2D eigenvalue weighted by atomic mass is 10.1. The van der Waals surface area contributed by atoms with Crippen molar-refractivity contribution in [1.29, 1.82) is 0 Å². The number of amides is 1. The van der Waals surface area contributed by atoms with Crippen molar-refractivity contribution < 1.29 is 31.8 Å². The van der Waals surface area contributed by atoms with Gasteiger partial charge in [-0.05, 0) is 25.0 Å². The van der Waals surface area contributed by atoms with Crippen molar-refractivity contribution in [3.8, 4) is 5.75 Å². The molecule has 1 fully saturated rings. The molecule has 8 nitrogen and oxygen atoms in total. The van der Waals surface area contributed by atoms with Crippen LogP contribution in [0.5, 0.6) is 5.75 Å². The molecule has 0 bridgehead atoms. The van der Waals surface area contributed by atoms with Crippen LogP contribution in [-0.4, -0.2) is 42.2 Å². The number of rotatable bonds is 3. The van der Waals surface area contributed by atoms with Gasteiger partial charge in [-0.15, -0.1) is 0 Å². The first-order valence-corrected chi connectivity index (χ1v) is 9.92. The Labute approximate surface area is 172 Å². The number of hydrogen-bond acceptors (Lipinski definition) is 5. The Morgan fingerprint density at radius 3 is 2.66 bits per heavy atom. The van der Waals surface area contributed by atoms with E-state index in [0.717, 1.165) is 12.1 Å². The standard InChI is InChI=1S/C17H17F2N3O5S.H2S/c1-22-7-12-15(27-8-13(17(24)4-5-17)21-28(12,25)26)14(22)16(23)20-9-2-3-10(18)11(19)6-9;/h2-3,6-7,13,21,24H,4-5,8H2,1H3,(H,20,23);1H2/t13-;/m0./s1. The maximum atomic E-state index is 13.4. The van der Waals surface area contributed by atoms with Crippen molar-refractivity contribution in [3.05, 3.63) is 41.7 Å². The molecule has 2 heterocycles. The number of sulfonamides is 1. The summed E-state index contributed by atoms with van der Waals surface area (Å²) in [5.74, 6) is -3.11. The van der Waals surface area contributed by atoms with Crippen molar-refractivity contribution >= 4 is 35.1 Å². The molecule has 1 saturated carbocycles. The number of aromatic nitrogens is 1. The van der Waals surface area contributed by atoms with Crippen LogP contribution in [0.1, 0.15) is 23.3 Å². The molecule has 2 aromatic rings. The number of carbonyl (C=O) groups excluding carboxylic acids is 1. The quantitative estimate of drug-likeness (QED) is 0.656. The topological polar surface area (TPSA) is 110 Å². The van der Waals surface area contributed by atoms with Crippen molar-refractivity contribution in [2.75, 3.05) is 11.9 Å². The van der Waals surface area contributed by atoms with Gasteiger partial charge < -0.3 is 19.7 Å². The summed E-state index contributed by atoms with van der Waals surface area (Å²) in [4.78, 5) is 12.4. The van der Waals surface area contributed by atoms with Gasteiger partial charge in [0.1, 0.15) is 11.5 Å². The molecular formula is C17H19F2N3O5S2. The van der Waals surface area contributed by atoms with Crippen LogP contribution in [0.2, 0.25) is 0 Å². The molecule has 12 heteroatoms. The first-order valence-electron chi connectivity index (χ1n) is 8.44. The molecule has 29 heavy (non-hydrogen) atoms. The summed E-state index contributed by atoms with van der Waals surface area (Å²) >= 11 is 0. The van der Waals surface area contributed by atoms with Crippen LogP contribution >= 0.6 is 13.5 Å². The van der Waals surface area contributed by atoms with E-state index >= 15 is 0 Å². The average Bonchev–Trinajstić information content (AvgIpc) is 3.29. The number of benzene rings is 1. The molecule has 0 spiro atoms. The van der Waals surface area contributed by atoms with Crippen LogP contribution in [0, 0.1) is 11.6 Å². The van der Waals surface area contributed by atoms with Crippen molar-refractivity contribution in [2.45, 2.75) is 29.4 Å². The number of nitrogens with one attached hydrogen (secondary N) is 2. The van der Waals surface area contributed by atoms with Crippen LogP contribution < -0.4 is 14.8 Å². The van der Waals surface area contributed by atoms with Gasteiger partial charge in [0, 0.05) is 25.0 Å². The Morgan fingerprint density at radius 2 is 2.03 bits per heavy atom. The molecule has 1 aliphatic carbocycles. The SMILES string of the molecule is Cn1cc2c(c1C(=O)Nc1ccc(F)c(F)c1)OC[C@@H](C1(O)CC1)NS2(=O)=O.S. The molecule has 1 aromatic carbocycles. The second kappa shape index (κ2) is 7.27. The van der Waals surface area contributed by atoms with E-state index in [0.29, 0.717) is 12.8 Å². The molecule has 1 atom stereocenters. The van der Waals surface area contributed by atoms with Crippen molar-refractivity contribution in [2.24, 2.45) is 7.05 Å². The van der Waals surface area contributed by atoms with Gasteiger partial charge in [-0.2, -0.15) is 13.5 Å². The minimum atomic E-state index is -4.04. The zero-order valence-corrected chi connectivity index (χ0v) is 17.0. The van der Waals surface area contributed by atoms with Crippen molar-refractivity contribution in [1.82, 2.24) is 9.29 Å². The lowest BCUT2D eigenvalue weighted by Crippen LogP contribution is -2.47. The van der Waals surface area contributed by atoms with Gasteiger partial charge in [0.05, 0.1) is 11.6 Å². The molecule has 158 valence electrons. The molecule has 1 amide bonds. The second-order valence-electron chi connectivity index (χ2n) is 6.95. The Balaban J connectivity index is 0.00000240. The van der Waals surface area contributed by atoms with E-state index in [9.17, 15) is 27.1 Å². The predicted molar refractivity (Wildman–Crippen MR) is 104 cm³/mol. The van der Waals surface area contributed by atoms with E-state index in [1.54, 1.807) is 0 Å². The van der Waals surface area contributed by atoms with E-state index in [4.69, 9.17) is 4.74 Å². The fourth-order valence-electron chi connectivity index (χ4n) is 3.13. The number of ether oxygens (including phenoxy) is 1. The zero-order chi connectivity index (χ0) is 20.3. The van der Waals surface area contributed by atoms with Gasteiger partial charge in [-0.25, -0.2) is 21.9 Å². The van der Waals surface area contributed by atoms with Gasteiger partial charge in [0.15, 0.2) is 23.1 Å². The highest BCUT2D eigenvalue weighted by atomic mass is 32.2. The average molecular weight is 447 g/mol. The predicted octanol–water partition coefficient (Wildman–Crippen LogP) is 1.23. The largest absolute Gasteiger partial charge is 0.488 e. The summed E-state index contributed by atoms with van der Waals surface area (Å²) in [6.45, 7) is -0.155. The van der Waals surface area contributed by atoms with E-state index in [2.05, 4.69) is 10.0 Å². The fourth-order valence-corrected chi connectivity index (χ4v) is 4.61. The highest BCUT2D eigenvalue weighted by Crippen LogP contribution is 2.41. The van der Waals surface area contributed by atoms with Crippen LogP contribution in [-0.2, 0) is 17.1 Å². The number of nitrogens with zero attached hydrogens (tertiary/aromatic N) is 1. The molecule has 0 radical (unpaired) electrons. The molecule has 4 rings (SSSR count). The number of fused-ring (bicyclic) bond motifs is 1. The van der Waals surface area contributed by atoms with Gasteiger partial charge >= 0.3 is 0 Å². The van der Waals surface area contributed by atoms with Gasteiger partial charge in [-0.3, -0.25) is 4.79 Å². The Morgan fingerprint density at radius 1 is 1.34 bits per heavy atom. The van der Waals surface area contributed by atoms with E-state index < -0.39 is 39.2 Å². The molecular weight excluding hydrogens is 428 g/mol. The van der Waals surface area contributed by atoms with Crippen LogP contribution in [0.3, 0.4) is 0 Å². The lowest BCUT2D eigenvalue weighted by Gasteiger charge is -2.20. The third-order valence-electron chi connectivity index (χ3n) is 4.89. The molecule has 0 saturated heterocycles. The third-order valence-corrected chi connectivity index (χ3v) is 6.35. The van der Waals surface area contributed by atoms with Crippen molar-refractivity contribution in [3.63, 3.8) is 0 Å². The van der Waals surface area contributed by atoms with E-state index in [1.807, 2.05) is 0 Å². The van der Waals surface area contributed by atoms with Gasteiger partial charge in [-0.1, -0.05) is 0 Å². The second-order valence-corrected chi connectivity index (χ2v) is 8.64. The van der Waals surface area contributed by atoms with Crippen LogP contribution in [0.4, 0.5) is 14.5 Å².